The summed E-state index contributed by atoms with van der Waals surface area (Å²) in [6, 6.07) is 1.21. The number of azide groups is 1. The van der Waals surface area contributed by atoms with Crippen molar-refractivity contribution in [3.63, 3.8) is 0 Å². The molecule has 1 aromatic rings. The van der Waals surface area contributed by atoms with E-state index in [1.165, 1.54) is 4.90 Å². The minimum atomic E-state index is -1.02. The van der Waals surface area contributed by atoms with Gasteiger partial charge in [0.15, 0.2) is 10.3 Å². The molecule has 9 nitrogen and oxygen atoms in total. The van der Waals surface area contributed by atoms with Crippen LogP contribution >= 0.6 is 23.2 Å². The van der Waals surface area contributed by atoms with Gasteiger partial charge in [-0.25, -0.2) is 4.79 Å². The van der Waals surface area contributed by atoms with Gasteiger partial charge in [0, 0.05) is 37.2 Å². The Morgan fingerprint density at radius 1 is 1.52 bits per heavy atom. The van der Waals surface area contributed by atoms with Crippen molar-refractivity contribution in [1.29, 1.82) is 0 Å². The molecule has 0 spiro atoms. The normalized spacial score (nSPS) is 18.3. The van der Waals surface area contributed by atoms with Crippen molar-refractivity contribution in [3.8, 4) is 0 Å². The molecule has 0 aromatic carbocycles. The molecule has 1 saturated heterocycles. The highest BCUT2D eigenvalue weighted by atomic mass is 35.5. The molecule has 2 rings (SSSR count). The van der Waals surface area contributed by atoms with Crippen molar-refractivity contribution in [2.45, 2.75) is 6.04 Å². The van der Waals surface area contributed by atoms with Crippen LogP contribution in [0.15, 0.2) is 11.2 Å². The summed E-state index contributed by atoms with van der Waals surface area (Å²) >= 11 is 11.8. The fraction of sp³-hybridized carbons (Fsp3) is 0.500. The first-order valence-corrected chi connectivity index (χ1v) is 6.72. The lowest BCUT2D eigenvalue weighted by Gasteiger charge is -2.41. The predicted molar refractivity (Wildman–Crippen MR) is 76.8 cm³/mol. The number of piperazine rings is 1. The average Bonchev–Trinajstić information content (AvgIpc) is 2.47. The minimum Gasteiger partial charge on any atom is -0.465 e. The highest BCUT2D eigenvalue weighted by Gasteiger charge is 2.30. The lowest BCUT2D eigenvalue weighted by atomic mass is 10.1. The molecule has 0 saturated carbocycles. The van der Waals surface area contributed by atoms with Crippen molar-refractivity contribution >= 4 is 35.0 Å². The first-order chi connectivity index (χ1) is 10.0. The number of anilines is 1. The molecule has 1 atom stereocenters. The highest BCUT2D eigenvalue weighted by molar-refractivity contribution is 6.33. The van der Waals surface area contributed by atoms with Gasteiger partial charge in [0.25, 0.3) is 0 Å². The van der Waals surface area contributed by atoms with Crippen LogP contribution < -0.4 is 4.90 Å². The van der Waals surface area contributed by atoms with Crippen molar-refractivity contribution in [3.05, 3.63) is 26.8 Å². The standard InChI is InChI=1S/C10H11Cl2N7O2/c11-8-3-7(9(12)16-15-8)19-2-1-18(10(20)21)5-6(19)4-14-17-13/h3,6H,1-2,4-5H2,(H,20,21)/t6-/m0/s1. The van der Waals surface area contributed by atoms with Crippen LogP contribution in [0.2, 0.25) is 10.3 Å². The third-order valence-electron chi connectivity index (χ3n) is 3.12. The summed E-state index contributed by atoms with van der Waals surface area (Å²) in [5.74, 6) is 0. The summed E-state index contributed by atoms with van der Waals surface area (Å²) in [6.45, 7) is 0.999. The molecule has 1 fully saturated rings. The van der Waals surface area contributed by atoms with Crippen LogP contribution in [0.4, 0.5) is 10.5 Å². The lowest BCUT2D eigenvalue weighted by molar-refractivity contribution is 0.135. The molecule has 112 valence electrons. The molecule has 11 heteroatoms. The van der Waals surface area contributed by atoms with Crippen LogP contribution in [-0.4, -0.2) is 58.5 Å². The first kappa shape index (κ1) is 15.4. The summed E-state index contributed by atoms with van der Waals surface area (Å²) in [5.41, 5.74) is 9.01. The molecule has 1 N–H and O–H groups in total. The van der Waals surface area contributed by atoms with Crippen LogP contribution in [0.3, 0.4) is 0 Å². The zero-order valence-electron chi connectivity index (χ0n) is 10.7. The summed E-state index contributed by atoms with van der Waals surface area (Å²) in [6.07, 6.45) is -1.02. The fourth-order valence-electron chi connectivity index (χ4n) is 2.18. The molecular weight excluding hydrogens is 321 g/mol. The number of amides is 1. The van der Waals surface area contributed by atoms with E-state index in [-0.39, 0.29) is 29.4 Å². The van der Waals surface area contributed by atoms with Gasteiger partial charge >= 0.3 is 6.09 Å². The average molecular weight is 332 g/mol. The summed E-state index contributed by atoms with van der Waals surface area (Å²) in [5, 5.41) is 20.3. The first-order valence-electron chi connectivity index (χ1n) is 5.97. The predicted octanol–water partition coefficient (Wildman–Crippen LogP) is 2.26. The number of halogens is 2. The second-order valence-corrected chi connectivity index (χ2v) is 5.08. The Bertz CT molecular complexity index is 593. The molecule has 0 aliphatic carbocycles. The van der Waals surface area contributed by atoms with Crippen LogP contribution in [0.25, 0.3) is 10.4 Å². The zero-order chi connectivity index (χ0) is 15.4. The second kappa shape index (κ2) is 6.66. The largest absolute Gasteiger partial charge is 0.465 e. The van der Waals surface area contributed by atoms with Gasteiger partial charge in [0.1, 0.15) is 0 Å². The van der Waals surface area contributed by atoms with Crippen LogP contribution in [0, 0.1) is 0 Å². The smallest absolute Gasteiger partial charge is 0.407 e. The van der Waals surface area contributed by atoms with Crippen LogP contribution in [0.5, 0.6) is 0 Å². The summed E-state index contributed by atoms with van der Waals surface area (Å²) < 4.78 is 0. The summed E-state index contributed by atoms with van der Waals surface area (Å²) in [7, 11) is 0. The SMILES string of the molecule is [N-]=[N+]=NC[C@H]1CN(C(=O)O)CCN1c1cc(Cl)nnc1Cl. The Morgan fingerprint density at radius 2 is 2.29 bits per heavy atom. The van der Waals surface area contributed by atoms with Gasteiger partial charge in [-0.15, -0.1) is 10.2 Å². The van der Waals surface area contributed by atoms with E-state index in [9.17, 15) is 4.79 Å². The van der Waals surface area contributed by atoms with Gasteiger partial charge in [-0.3, -0.25) is 0 Å². The molecular formula is C10H11Cl2N7O2. The van der Waals surface area contributed by atoms with E-state index in [2.05, 4.69) is 20.2 Å². The number of aromatic nitrogens is 2. The number of rotatable bonds is 3. The molecule has 0 unspecified atom stereocenters. The van der Waals surface area contributed by atoms with E-state index in [4.69, 9.17) is 33.8 Å². The lowest BCUT2D eigenvalue weighted by Crippen LogP contribution is -2.56. The molecule has 1 aliphatic rings. The maximum atomic E-state index is 11.1. The van der Waals surface area contributed by atoms with Gasteiger partial charge < -0.3 is 14.9 Å². The second-order valence-electron chi connectivity index (χ2n) is 4.33. The molecule has 1 amide bonds. The number of nitrogens with zero attached hydrogens (tertiary/aromatic N) is 7. The quantitative estimate of drug-likeness (QED) is 0.517. The Kier molecular flexibility index (Phi) is 4.89. The van der Waals surface area contributed by atoms with Crippen LogP contribution in [-0.2, 0) is 0 Å². The third kappa shape index (κ3) is 3.57. The van der Waals surface area contributed by atoms with Crippen molar-refractivity contribution in [1.82, 2.24) is 15.1 Å². The Labute approximate surface area is 129 Å². The van der Waals surface area contributed by atoms with Crippen molar-refractivity contribution in [2.75, 3.05) is 31.1 Å². The van der Waals surface area contributed by atoms with E-state index < -0.39 is 6.09 Å². The molecule has 2 heterocycles. The van der Waals surface area contributed by atoms with E-state index in [1.807, 2.05) is 4.90 Å². The Morgan fingerprint density at radius 3 is 2.95 bits per heavy atom. The van der Waals surface area contributed by atoms with Gasteiger partial charge in [0.2, 0.25) is 0 Å². The van der Waals surface area contributed by atoms with Crippen molar-refractivity contribution in [2.24, 2.45) is 5.11 Å². The zero-order valence-corrected chi connectivity index (χ0v) is 12.2. The summed E-state index contributed by atoms with van der Waals surface area (Å²) in [4.78, 5) is 16.9. The molecule has 21 heavy (non-hydrogen) atoms. The Balaban J connectivity index is 2.29. The van der Waals surface area contributed by atoms with E-state index in [0.29, 0.717) is 18.8 Å². The monoisotopic (exact) mass is 331 g/mol. The fourth-order valence-corrected chi connectivity index (χ4v) is 2.52. The van der Waals surface area contributed by atoms with E-state index >= 15 is 0 Å². The van der Waals surface area contributed by atoms with Gasteiger partial charge in [-0.05, 0) is 5.53 Å². The van der Waals surface area contributed by atoms with Gasteiger partial charge in [0.05, 0.1) is 11.7 Å². The number of carbonyl (C=O) groups is 1. The number of carboxylic acid groups (broad SMARTS) is 1. The van der Waals surface area contributed by atoms with E-state index in [1.54, 1.807) is 6.07 Å². The molecule has 0 radical (unpaired) electrons. The van der Waals surface area contributed by atoms with Gasteiger partial charge in [-0.2, -0.15) is 0 Å². The van der Waals surface area contributed by atoms with Crippen LogP contribution in [0.1, 0.15) is 0 Å². The van der Waals surface area contributed by atoms with Gasteiger partial charge in [-0.1, -0.05) is 28.3 Å². The number of hydrogen-bond acceptors (Lipinski definition) is 5. The minimum absolute atomic E-state index is 0.108. The topological polar surface area (TPSA) is 118 Å². The third-order valence-corrected chi connectivity index (χ3v) is 3.57. The Hall–Kier alpha value is -1.96. The maximum Gasteiger partial charge on any atom is 0.407 e. The molecule has 0 bridgehead atoms. The maximum absolute atomic E-state index is 11.1. The molecule has 1 aromatic heterocycles. The highest BCUT2D eigenvalue weighted by Crippen LogP contribution is 2.28. The van der Waals surface area contributed by atoms with Crippen molar-refractivity contribution < 1.29 is 9.90 Å². The van der Waals surface area contributed by atoms with E-state index in [0.717, 1.165) is 0 Å². The molecule has 1 aliphatic heterocycles. The number of hydrogen-bond donors (Lipinski definition) is 1.